The average molecular weight is 907 g/mol. The van der Waals surface area contributed by atoms with Crippen molar-refractivity contribution in [2.24, 2.45) is 0 Å². The van der Waals surface area contributed by atoms with Gasteiger partial charge in [0.25, 0.3) is 0 Å². The molecule has 12 aromatic rings. The summed E-state index contributed by atoms with van der Waals surface area (Å²) in [5, 5.41) is 8.06. The molecule has 328 valence electrons. The van der Waals surface area contributed by atoms with Crippen LogP contribution in [-0.4, -0.2) is 17.6 Å². The molecule has 0 radical (unpaired) electrons. The molecule has 0 fully saturated rings. The first-order valence-electron chi connectivity index (χ1n) is 24.4. The highest BCUT2D eigenvalue weighted by Gasteiger charge is 2.49. The minimum absolute atomic E-state index is 0.00792. The number of aromatic nitrogens is 2. The topological polar surface area (TPSA) is 17.8 Å². The predicted molar refractivity (Wildman–Crippen MR) is 293 cm³/mol. The Kier molecular flexibility index (Phi) is 9.40. The molecule has 3 aliphatic carbocycles. The van der Waals surface area contributed by atoms with Gasteiger partial charge in [0, 0.05) is 28.2 Å². The van der Waals surface area contributed by atoms with Gasteiger partial charge >= 0.3 is 0 Å². The maximum Gasteiger partial charge on any atom is 0.179 e. The Morgan fingerprint density at radius 3 is 1.40 bits per heavy atom. The van der Waals surface area contributed by atoms with Crippen molar-refractivity contribution < 1.29 is 0 Å². The van der Waals surface area contributed by atoms with Gasteiger partial charge in [-0.1, -0.05) is 243 Å². The predicted octanol–water partition coefficient (Wildman–Crippen LogP) is 13.5. The molecule has 3 heteroatoms. The van der Waals surface area contributed by atoms with E-state index >= 15 is 0 Å². The van der Waals surface area contributed by atoms with E-state index in [4.69, 9.17) is 4.98 Å². The number of para-hydroxylation sites is 2. The Morgan fingerprint density at radius 2 is 0.786 bits per heavy atom. The Balaban J connectivity index is 1.03. The monoisotopic (exact) mass is 906 g/mol. The first kappa shape index (κ1) is 40.4. The van der Waals surface area contributed by atoms with Crippen LogP contribution in [0.4, 0.5) is 0 Å². The maximum absolute atomic E-state index is 5.71. The molecule has 70 heavy (non-hydrogen) atoms. The van der Waals surface area contributed by atoms with Crippen molar-refractivity contribution >= 4 is 50.6 Å². The second kappa shape index (κ2) is 16.3. The molecule has 2 atom stereocenters. The number of hydrogen-bond acceptors (Lipinski definition) is 1. The summed E-state index contributed by atoms with van der Waals surface area (Å²) in [6.07, 6.45) is 0. The first-order valence-corrected chi connectivity index (χ1v) is 26.4. The van der Waals surface area contributed by atoms with Crippen molar-refractivity contribution in [1.29, 1.82) is 0 Å². The van der Waals surface area contributed by atoms with Gasteiger partial charge in [-0.05, 0) is 101 Å². The Labute approximate surface area is 409 Å². The fourth-order valence-electron chi connectivity index (χ4n) is 12.6. The third kappa shape index (κ3) is 6.01. The molecule has 0 saturated heterocycles. The van der Waals surface area contributed by atoms with Crippen LogP contribution < -0.4 is 20.7 Å². The molecule has 0 saturated carbocycles. The van der Waals surface area contributed by atoms with Gasteiger partial charge in [-0.3, -0.25) is 4.57 Å². The summed E-state index contributed by atoms with van der Waals surface area (Å²) in [4.78, 5) is 5.71. The highest BCUT2D eigenvalue weighted by Crippen LogP contribution is 2.58. The number of pyridine rings is 1. The quantitative estimate of drug-likeness (QED) is 0.110. The number of rotatable bonds is 8. The van der Waals surface area contributed by atoms with Gasteiger partial charge in [-0.15, -0.1) is 0 Å². The summed E-state index contributed by atoms with van der Waals surface area (Å²) in [5.41, 5.74) is 17.6. The van der Waals surface area contributed by atoms with E-state index in [1.807, 2.05) is 0 Å². The van der Waals surface area contributed by atoms with Crippen LogP contribution in [0.3, 0.4) is 0 Å². The van der Waals surface area contributed by atoms with Gasteiger partial charge in [0.05, 0.1) is 16.7 Å². The van der Waals surface area contributed by atoms with Crippen LogP contribution in [0.1, 0.15) is 45.2 Å². The highest BCUT2D eigenvalue weighted by molar-refractivity contribution is 7.20. The minimum Gasteiger partial charge on any atom is -0.294 e. The lowest BCUT2D eigenvalue weighted by Crippen LogP contribution is -2.75. The van der Waals surface area contributed by atoms with E-state index < -0.39 is 8.07 Å². The zero-order valence-corrected chi connectivity index (χ0v) is 39.5. The van der Waals surface area contributed by atoms with Crippen LogP contribution in [0, 0.1) is 0 Å². The third-order valence-electron chi connectivity index (χ3n) is 15.3. The van der Waals surface area contributed by atoms with Gasteiger partial charge in [0.2, 0.25) is 0 Å². The molecule has 15 rings (SSSR count). The Morgan fingerprint density at radius 1 is 0.329 bits per heavy atom. The lowest BCUT2D eigenvalue weighted by atomic mass is 9.60. The number of fused-ring (bicyclic) bond motifs is 3. The maximum atomic E-state index is 5.71. The number of benzene rings is 10. The molecule has 2 bridgehead atoms. The van der Waals surface area contributed by atoms with E-state index in [9.17, 15) is 0 Å². The van der Waals surface area contributed by atoms with Crippen LogP contribution in [0.15, 0.2) is 267 Å². The van der Waals surface area contributed by atoms with Crippen LogP contribution in [-0.2, 0) is 0 Å². The highest BCUT2D eigenvalue weighted by atomic mass is 28.3. The lowest BCUT2D eigenvalue weighted by Gasteiger charge is -2.47. The molecule has 10 aromatic carbocycles. The van der Waals surface area contributed by atoms with Crippen molar-refractivity contribution in [3.63, 3.8) is 0 Å². The molecule has 2 heterocycles. The molecule has 2 nitrogen and oxygen atoms in total. The van der Waals surface area contributed by atoms with Gasteiger partial charge in [0.1, 0.15) is 5.82 Å². The van der Waals surface area contributed by atoms with E-state index in [-0.39, 0.29) is 11.8 Å². The normalized spacial score (nSPS) is 14.6. The average Bonchev–Trinajstić information content (AvgIpc) is 3.78. The largest absolute Gasteiger partial charge is 0.294 e. The van der Waals surface area contributed by atoms with E-state index in [1.165, 1.54) is 76.0 Å². The zero-order valence-electron chi connectivity index (χ0n) is 38.5. The molecule has 0 spiro atoms. The molecule has 0 N–H and O–H groups in total. The second-order valence-electron chi connectivity index (χ2n) is 18.8. The standard InChI is InChI=1S/C67H46N2Si/c1-5-23-45(24-6-1)46-43-59(68-63(44-46)69-60-40-19-17-33-52(60)53-34-18-20-41-61(53)69)51-32-14-13-31-50(51)54-37-21-38-57-64-55-35-15-16-36-56(55)67(65(54)57)66-58(64)39-22-42-62(66)70(47-25-7-2-8-26-47,48-27-9-3-10-28-48)49-29-11-4-12-30-49/h1-44,64,67H. The van der Waals surface area contributed by atoms with Crippen LogP contribution >= 0.6 is 0 Å². The Bertz CT molecular complexity index is 3800. The molecular formula is C67H46N2Si. The van der Waals surface area contributed by atoms with Crippen molar-refractivity contribution in [3.05, 3.63) is 300 Å². The fraction of sp³-hybridized carbons (Fsp3) is 0.0299. The van der Waals surface area contributed by atoms with Crippen molar-refractivity contribution in [2.45, 2.75) is 11.8 Å². The van der Waals surface area contributed by atoms with Crippen LogP contribution in [0.2, 0.25) is 0 Å². The van der Waals surface area contributed by atoms with Crippen molar-refractivity contribution in [1.82, 2.24) is 9.55 Å². The van der Waals surface area contributed by atoms with Gasteiger partial charge in [-0.25, -0.2) is 4.98 Å². The fourth-order valence-corrected chi connectivity index (χ4v) is 17.6. The molecule has 0 amide bonds. The third-order valence-corrected chi connectivity index (χ3v) is 20.2. The van der Waals surface area contributed by atoms with E-state index in [0.717, 1.165) is 39.2 Å². The van der Waals surface area contributed by atoms with Crippen molar-refractivity contribution in [3.8, 4) is 39.3 Å². The van der Waals surface area contributed by atoms with Crippen LogP contribution in [0.5, 0.6) is 0 Å². The lowest BCUT2D eigenvalue weighted by molar-refractivity contribution is 0.760. The molecule has 3 aliphatic rings. The molecule has 2 aromatic heterocycles. The smallest absolute Gasteiger partial charge is 0.179 e. The van der Waals surface area contributed by atoms with Gasteiger partial charge in [0.15, 0.2) is 8.07 Å². The van der Waals surface area contributed by atoms with E-state index in [1.54, 1.807) is 0 Å². The van der Waals surface area contributed by atoms with Gasteiger partial charge in [-0.2, -0.15) is 0 Å². The summed E-state index contributed by atoms with van der Waals surface area (Å²) in [7, 11) is -2.94. The zero-order chi connectivity index (χ0) is 46.2. The summed E-state index contributed by atoms with van der Waals surface area (Å²) in [6, 6.07) is 99.7. The minimum atomic E-state index is -2.94. The molecule has 2 unspecified atom stereocenters. The Hall–Kier alpha value is -8.63. The van der Waals surface area contributed by atoms with Crippen molar-refractivity contribution in [2.75, 3.05) is 0 Å². The summed E-state index contributed by atoms with van der Waals surface area (Å²) in [5.74, 6) is 0.967. The molecule has 0 aliphatic heterocycles. The first-order chi connectivity index (χ1) is 34.8. The summed E-state index contributed by atoms with van der Waals surface area (Å²) < 4.78 is 2.35. The SMILES string of the molecule is c1ccc(-c2cc(-c3ccccc3-c3cccc4c3C3c5ccccc5C4c4cccc([Si](c5ccccc5)(c5ccccc5)c5ccccc5)c43)nc(-n3c4ccccc4c4ccccc43)c2)cc1. The van der Waals surface area contributed by atoms with E-state index in [0.29, 0.717) is 0 Å². The van der Waals surface area contributed by atoms with Gasteiger partial charge < -0.3 is 0 Å². The summed E-state index contributed by atoms with van der Waals surface area (Å²) in [6.45, 7) is 0. The number of nitrogens with zero attached hydrogens (tertiary/aromatic N) is 2. The second-order valence-corrected chi connectivity index (χ2v) is 22.6. The molecular weight excluding hydrogens is 861 g/mol. The van der Waals surface area contributed by atoms with Crippen LogP contribution in [0.25, 0.3) is 61.1 Å². The summed E-state index contributed by atoms with van der Waals surface area (Å²) >= 11 is 0. The van der Waals surface area contributed by atoms with E-state index in [2.05, 4.69) is 271 Å². The number of hydrogen-bond donors (Lipinski definition) is 0.